The molecule has 1 N–H and O–H groups in total. The van der Waals surface area contributed by atoms with E-state index in [1.165, 1.54) is 7.11 Å². The van der Waals surface area contributed by atoms with Gasteiger partial charge in [-0.15, -0.1) is 0 Å². The van der Waals surface area contributed by atoms with Crippen molar-refractivity contribution in [2.45, 2.75) is 32.9 Å². The second-order valence-corrected chi connectivity index (χ2v) is 5.51. The molecule has 118 valence electrons. The molecule has 0 spiro atoms. The molecule has 0 saturated heterocycles. The molecule has 4 nitrogen and oxygen atoms in total. The molecule has 1 aromatic heterocycles. The van der Waals surface area contributed by atoms with E-state index in [-0.39, 0.29) is 12.0 Å². The zero-order valence-corrected chi connectivity index (χ0v) is 13.7. The monoisotopic (exact) mass is 321 g/mol. The summed E-state index contributed by atoms with van der Waals surface area (Å²) >= 11 is 6.04. The van der Waals surface area contributed by atoms with E-state index >= 15 is 0 Å². The number of methoxy groups -OCH3 is 1. The Morgan fingerprint density at radius 1 is 1.41 bits per heavy atom. The van der Waals surface area contributed by atoms with Gasteiger partial charge < -0.3 is 14.5 Å². The molecule has 0 radical (unpaired) electrons. The molecule has 1 atom stereocenters. The van der Waals surface area contributed by atoms with Crippen LogP contribution in [0.4, 0.5) is 0 Å². The van der Waals surface area contributed by atoms with Crippen LogP contribution in [0.3, 0.4) is 0 Å². The number of hydrogen-bond donors (Lipinski definition) is 1. The Balaban J connectivity index is 2.06. The van der Waals surface area contributed by atoms with Crippen LogP contribution in [0, 0.1) is 6.92 Å². The third kappa shape index (κ3) is 3.90. The molecular formula is C17H20ClNO3. The number of ether oxygens (including phenoxy) is 1. The maximum absolute atomic E-state index is 11.6. The molecule has 0 aliphatic rings. The van der Waals surface area contributed by atoms with Gasteiger partial charge in [0.1, 0.15) is 17.1 Å². The summed E-state index contributed by atoms with van der Waals surface area (Å²) in [6, 6.07) is 9.69. The minimum absolute atomic E-state index is 0.172. The van der Waals surface area contributed by atoms with E-state index in [0.717, 1.165) is 17.0 Å². The molecule has 1 heterocycles. The van der Waals surface area contributed by atoms with Crippen molar-refractivity contribution in [2.75, 3.05) is 7.11 Å². The summed E-state index contributed by atoms with van der Waals surface area (Å²) in [7, 11) is 1.36. The van der Waals surface area contributed by atoms with Crippen molar-refractivity contribution in [3.8, 4) is 0 Å². The summed E-state index contributed by atoms with van der Waals surface area (Å²) in [5.74, 6) is 0.896. The van der Waals surface area contributed by atoms with E-state index in [4.69, 9.17) is 20.8 Å². The summed E-state index contributed by atoms with van der Waals surface area (Å²) in [5.41, 5.74) is 1.60. The number of esters is 1. The first-order valence-corrected chi connectivity index (χ1v) is 7.59. The molecule has 0 aliphatic carbocycles. The summed E-state index contributed by atoms with van der Waals surface area (Å²) in [6.07, 6.45) is 0.921. The topological polar surface area (TPSA) is 51.5 Å². The van der Waals surface area contributed by atoms with Gasteiger partial charge in [0.2, 0.25) is 0 Å². The van der Waals surface area contributed by atoms with Gasteiger partial charge in [0, 0.05) is 11.1 Å². The van der Waals surface area contributed by atoms with Crippen LogP contribution in [0.25, 0.3) is 0 Å². The highest BCUT2D eigenvalue weighted by Gasteiger charge is 2.16. The molecule has 0 aliphatic heterocycles. The van der Waals surface area contributed by atoms with Gasteiger partial charge in [0.15, 0.2) is 0 Å². The van der Waals surface area contributed by atoms with Crippen molar-refractivity contribution in [3.63, 3.8) is 0 Å². The average molecular weight is 322 g/mol. The van der Waals surface area contributed by atoms with Gasteiger partial charge in [-0.05, 0) is 37.1 Å². The molecule has 5 heteroatoms. The summed E-state index contributed by atoms with van der Waals surface area (Å²) in [6.45, 7) is 4.39. The van der Waals surface area contributed by atoms with Crippen molar-refractivity contribution in [3.05, 3.63) is 58.0 Å². The summed E-state index contributed by atoms with van der Waals surface area (Å²) < 4.78 is 10.3. The molecule has 2 aromatic rings. The number of benzene rings is 1. The molecule has 2 rings (SSSR count). The van der Waals surface area contributed by atoms with Crippen LogP contribution in [0.15, 0.2) is 34.7 Å². The smallest absolute Gasteiger partial charge is 0.341 e. The lowest BCUT2D eigenvalue weighted by Gasteiger charge is -2.16. The van der Waals surface area contributed by atoms with Gasteiger partial charge in [-0.25, -0.2) is 4.79 Å². The van der Waals surface area contributed by atoms with Crippen LogP contribution in [0.1, 0.15) is 46.8 Å². The van der Waals surface area contributed by atoms with Gasteiger partial charge in [0.25, 0.3) is 0 Å². The first kappa shape index (κ1) is 16.6. The van der Waals surface area contributed by atoms with Crippen LogP contribution in [0.2, 0.25) is 5.02 Å². The fraction of sp³-hybridized carbons (Fsp3) is 0.353. The SMILES string of the molecule is CCC(NCc1cc(C(=O)OC)c(C)o1)c1cccc(Cl)c1. The van der Waals surface area contributed by atoms with E-state index in [9.17, 15) is 4.79 Å². The Morgan fingerprint density at radius 2 is 2.18 bits per heavy atom. The Kier molecular flexibility index (Phi) is 5.63. The highest BCUT2D eigenvalue weighted by molar-refractivity contribution is 6.30. The Hall–Kier alpha value is -1.78. The predicted molar refractivity (Wildman–Crippen MR) is 86.1 cm³/mol. The van der Waals surface area contributed by atoms with E-state index in [1.807, 2.05) is 24.3 Å². The normalized spacial score (nSPS) is 12.2. The van der Waals surface area contributed by atoms with E-state index in [0.29, 0.717) is 23.6 Å². The maximum atomic E-state index is 11.6. The zero-order valence-electron chi connectivity index (χ0n) is 13.0. The molecule has 22 heavy (non-hydrogen) atoms. The number of aryl methyl sites for hydroxylation is 1. The lowest BCUT2D eigenvalue weighted by molar-refractivity contribution is 0.0599. The van der Waals surface area contributed by atoms with Crippen molar-refractivity contribution in [1.82, 2.24) is 5.32 Å². The molecule has 1 aromatic carbocycles. The van der Waals surface area contributed by atoms with Gasteiger partial charge in [0.05, 0.1) is 13.7 Å². The Bertz CT molecular complexity index is 651. The largest absolute Gasteiger partial charge is 0.465 e. The van der Waals surface area contributed by atoms with Crippen molar-refractivity contribution in [1.29, 1.82) is 0 Å². The molecule has 0 bridgehead atoms. The lowest BCUT2D eigenvalue weighted by Crippen LogP contribution is -2.20. The number of furan rings is 1. The van der Waals surface area contributed by atoms with Crippen LogP contribution >= 0.6 is 11.6 Å². The molecular weight excluding hydrogens is 302 g/mol. The number of halogens is 1. The van der Waals surface area contributed by atoms with Crippen LogP contribution in [-0.4, -0.2) is 13.1 Å². The Labute approximate surface area is 135 Å². The minimum atomic E-state index is -0.380. The van der Waals surface area contributed by atoms with E-state index < -0.39 is 0 Å². The highest BCUT2D eigenvalue weighted by atomic mass is 35.5. The van der Waals surface area contributed by atoms with Crippen LogP contribution < -0.4 is 5.32 Å². The third-order valence-electron chi connectivity index (χ3n) is 3.56. The number of hydrogen-bond acceptors (Lipinski definition) is 4. The second-order valence-electron chi connectivity index (χ2n) is 5.07. The van der Waals surface area contributed by atoms with Crippen molar-refractivity contribution < 1.29 is 13.9 Å². The van der Waals surface area contributed by atoms with Gasteiger partial charge in [-0.1, -0.05) is 30.7 Å². The molecule has 1 unspecified atom stereocenters. The molecule has 0 saturated carbocycles. The predicted octanol–water partition coefficient (Wildman–Crippen LogP) is 4.27. The second kappa shape index (κ2) is 7.47. The first-order chi connectivity index (χ1) is 10.5. The lowest BCUT2D eigenvalue weighted by atomic mass is 10.0. The Morgan fingerprint density at radius 3 is 2.82 bits per heavy atom. The van der Waals surface area contributed by atoms with Crippen LogP contribution in [0.5, 0.6) is 0 Å². The summed E-state index contributed by atoms with van der Waals surface area (Å²) in [5, 5.41) is 4.14. The van der Waals surface area contributed by atoms with E-state index in [1.54, 1.807) is 13.0 Å². The van der Waals surface area contributed by atoms with Crippen LogP contribution in [-0.2, 0) is 11.3 Å². The number of rotatable bonds is 6. The fourth-order valence-corrected chi connectivity index (χ4v) is 2.59. The number of nitrogens with one attached hydrogen (secondary N) is 1. The minimum Gasteiger partial charge on any atom is -0.465 e. The third-order valence-corrected chi connectivity index (χ3v) is 3.79. The fourth-order valence-electron chi connectivity index (χ4n) is 2.39. The maximum Gasteiger partial charge on any atom is 0.341 e. The average Bonchev–Trinajstić information content (AvgIpc) is 2.88. The number of carbonyl (C=O) groups excluding carboxylic acids is 1. The van der Waals surface area contributed by atoms with Crippen molar-refractivity contribution in [2.24, 2.45) is 0 Å². The standard InChI is InChI=1S/C17H20ClNO3/c1-4-16(12-6-5-7-13(18)8-12)19-10-14-9-15(11(2)22-14)17(20)21-3/h5-9,16,19H,4,10H2,1-3H3. The van der Waals surface area contributed by atoms with Crippen molar-refractivity contribution >= 4 is 17.6 Å². The van der Waals surface area contributed by atoms with Gasteiger partial charge >= 0.3 is 5.97 Å². The first-order valence-electron chi connectivity index (χ1n) is 7.21. The van der Waals surface area contributed by atoms with E-state index in [2.05, 4.69) is 12.2 Å². The highest BCUT2D eigenvalue weighted by Crippen LogP contribution is 2.22. The molecule has 0 fully saturated rings. The molecule has 0 amide bonds. The quantitative estimate of drug-likeness (QED) is 0.807. The summed E-state index contributed by atoms with van der Waals surface area (Å²) in [4.78, 5) is 11.6. The van der Waals surface area contributed by atoms with Gasteiger partial charge in [-0.3, -0.25) is 0 Å². The zero-order chi connectivity index (χ0) is 16.1. The van der Waals surface area contributed by atoms with Gasteiger partial charge in [-0.2, -0.15) is 0 Å². The number of carbonyl (C=O) groups is 1.